The summed E-state index contributed by atoms with van der Waals surface area (Å²) in [6.07, 6.45) is 3.41. The molecular formula is C25H25ClFN5O2S. The predicted octanol–water partition coefficient (Wildman–Crippen LogP) is 5.77. The van der Waals surface area contributed by atoms with E-state index in [1.54, 1.807) is 13.2 Å². The van der Waals surface area contributed by atoms with Crippen molar-refractivity contribution in [2.75, 3.05) is 32.1 Å². The molecule has 0 saturated heterocycles. The molecule has 0 aliphatic carbocycles. The number of nitrogens with zero attached hydrogens (tertiary/aromatic N) is 4. The summed E-state index contributed by atoms with van der Waals surface area (Å²) in [6.45, 7) is 5.50. The fourth-order valence-corrected chi connectivity index (χ4v) is 5.30. The highest BCUT2D eigenvalue weighted by molar-refractivity contribution is 7.11. The van der Waals surface area contributed by atoms with Crippen LogP contribution in [0.5, 0.6) is 11.5 Å². The summed E-state index contributed by atoms with van der Waals surface area (Å²) in [7, 11) is 1.61. The molecule has 10 heteroatoms. The molecule has 1 aliphatic rings. The third-order valence-corrected chi connectivity index (χ3v) is 7.26. The van der Waals surface area contributed by atoms with Gasteiger partial charge in [-0.15, -0.1) is 11.3 Å². The Bertz CT molecular complexity index is 1370. The zero-order valence-corrected chi connectivity index (χ0v) is 21.0. The normalized spacial score (nSPS) is 13.6. The van der Waals surface area contributed by atoms with Crippen LogP contribution < -0.4 is 14.8 Å². The van der Waals surface area contributed by atoms with E-state index in [0.717, 1.165) is 42.9 Å². The first-order valence-corrected chi connectivity index (χ1v) is 12.5. The number of aryl methyl sites for hydroxylation is 1. The average Bonchev–Trinajstić information content (AvgIpc) is 3.23. The summed E-state index contributed by atoms with van der Waals surface area (Å²) >= 11 is 7.74. The van der Waals surface area contributed by atoms with Crippen molar-refractivity contribution in [3.8, 4) is 11.5 Å². The maximum Gasteiger partial charge on any atom is 0.162 e. The molecule has 0 spiro atoms. The molecular weight excluding hydrogens is 489 g/mol. The summed E-state index contributed by atoms with van der Waals surface area (Å²) in [5, 5.41) is 5.12. The fraction of sp³-hybridized carbons (Fsp3) is 0.320. The number of rotatable bonds is 8. The number of halogens is 2. The van der Waals surface area contributed by atoms with E-state index in [-0.39, 0.29) is 5.02 Å². The van der Waals surface area contributed by atoms with Gasteiger partial charge in [0.1, 0.15) is 18.0 Å². The number of nitrogens with one attached hydrogen (secondary N) is 1. The maximum atomic E-state index is 13.5. The highest BCUT2D eigenvalue weighted by atomic mass is 35.5. The summed E-state index contributed by atoms with van der Waals surface area (Å²) in [4.78, 5) is 17.2. The second-order valence-electron chi connectivity index (χ2n) is 8.33. The number of anilines is 2. The predicted molar refractivity (Wildman–Crippen MR) is 137 cm³/mol. The van der Waals surface area contributed by atoms with Crippen molar-refractivity contribution in [2.45, 2.75) is 26.3 Å². The number of methoxy groups -OCH3 is 1. The Kier molecular flexibility index (Phi) is 6.99. The van der Waals surface area contributed by atoms with Gasteiger partial charge in [-0.05, 0) is 44.0 Å². The molecule has 1 aliphatic heterocycles. The Balaban J connectivity index is 1.27. The molecule has 0 atom stereocenters. The molecule has 2 aromatic heterocycles. The molecule has 0 unspecified atom stereocenters. The maximum absolute atomic E-state index is 13.5. The number of aromatic nitrogens is 3. The Morgan fingerprint density at radius 1 is 1.20 bits per heavy atom. The van der Waals surface area contributed by atoms with Crippen LogP contribution in [0, 0.1) is 12.7 Å². The van der Waals surface area contributed by atoms with Crippen LogP contribution in [0.25, 0.3) is 10.9 Å². The summed E-state index contributed by atoms with van der Waals surface area (Å²) in [6, 6.07) is 8.12. The monoisotopic (exact) mass is 513 g/mol. The van der Waals surface area contributed by atoms with E-state index in [1.165, 1.54) is 29.0 Å². The topological polar surface area (TPSA) is 72.4 Å². The Labute approximate surface area is 211 Å². The van der Waals surface area contributed by atoms with Crippen LogP contribution in [0.4, 0.5) is 15.9 Å². The molecule has 2 aromatic carbocycles. The minimum absolute atomic E-state index is 0.0360. The standard InChI is InChI=1S/C25H25ClFN5O2S/c1-15-30-21-13-32(8-6-24(21)35-15)7-3-9-34-23-11-17-20(12-22(23)33-2)28-14-29-25(17)31-16-4-5-19(27)18(26)10-16/h4-5,10-12,14H,3,6-9,13H2,1-2H3,(H,28,29,31). The summed E-state index contributed by atoms with van der Waals surface area (Å²) in [5.41, 5.74) is 2.54. The van der Waals surface area contributed by atoms with Gasteiger partial charge in [-0.1, -0.05) is 11.6 Å². The van der Waals surface area contributed by atoms with Crippen LogP contribution in [0.1, 0.15) is 22.0 Å². The van der Waals surface area contributed by atoms with Gasteiger partial charge in [0, 0.05) is 41.7 Å². The van der Waals surface area contributed by atoms with Crippen LogP contribution in [-0.2, 0) is 13.0 Å². The van der Waals surface area contributed by atoms with Crippen LogP contribution in [0.3, 0.4) is 0 Å². The molecule has 0 fully saturated rings. The van der Waals surface area contributed by atoms with Crippen molar-refractivity contribution >= 4 is 45.3 Å². The number of ether oxygens (including phenoxy) is 2. The third kappa shape index (κ3) is 5.32. The van der Waals surface area contributed by atoms with Crippen molar-refractivity contribution in [1.29, 1.82) is 0 Å². The van der Waals surface area contributed by atoms with Gasteiger partial charge in [-0.3, -0.25) is 4.90 Å². The molecule has 1 N–H and O–H groups in total. The van der Waals surface area contributed by atoms with E-state index in [0.29, 0.717) is 35.1 Å². The third-order valence-electron chi connectivity index (χ3n) is 5.89. The zero-order chi connectivity index (χ0) is 24.4. The largest absolute Gasteiger partial charge is 0.493 e. The van der Waals surface area contributed by atoms with Gasteiger partial charge >= 0.3 is 0 Å². The molecule has 0 radical (unpaired) electrons. The lowest BCUT2D eigenvalue weighted by atomic mass is 10.2. The van der Waals surface area contributed by atoms with Gasteiger partial charge in [0.2, 0.25) is 0 Å². The molecule has 7 nitrogen and oxygen atoms in total. The van der Waals surface area contributed by atoms with E-state index >= 15 is 0 Å². The number of benzene rings is 2. The highest BCUT2D eigenvalue weighted by Gasteiger charge is 2.19. The molecule has 0 bridgehead atoms. The molecule has 5 rings (SSSR count). The summed E-state index contributed by atoms with van der Waals surface area (Å²) < 4.78 is 25.2. The Morgan fingerprint density at radius 2 is 2.09 bits per heavy atom. The van der Waals surface area contributed by atoms with Crippen LogP contribution in [0.15, 0.2) is 36.7 Å². The van der Waals surface area contributed by atoms with Gasteiger partial charge in [0.25, 0.3) is 0 Å². The number of hydrogen-bond donors (Lipinski definition) is 1. The first-order valence-electron chi connectivity index (χ1n) is 11.4. The smallest absolute Gasteiger partial charge is 0.162 e. The lowest BCUT2D eigenvalue weighted by molar-refractivity contribution is 0.216. The molecule has 3 heterocycles. The van der Waals surface area contributed by atoms with Gasteiger partial charge < -0.3 is 14.8 Å². The second-order valence-corrected chi connectivity index (χ2v) is 10.0. The first kappa shape index (κ1) is 23.7. The van der Waals surface area contributed by atoms with Crippen molar-refractivity contribution in [2.24, 2.45) is 0 Å². The minimum atomic E-state index is -0.475. The first-order chi connectivity index (χ1) is 17.0. The molecule has 182 valence electrons. The van der Waals surface area contributed by atoms with E-state index in [4.69, 9.17) is 21.1 Å². The molecule has 0 saturated carbocycles. The average molecular weight is 514 g/mol. The number of fused-ring (bicyclic) bond motifs is 2. The van der Waals surface area contributed by atoms with Crippen molar-refractivity contribution < 1.29 is 13.9 Å². The van der Waals surface area contributed by atoms with E-state index in [2.05, 4.69) is 32.1 Å². The van der Waals surface area contributed by atoms with Gasteiger partial charge in [-0.2, -0.15) is 0 Å². The van der Waals surface area contributed by atoms with Gasteiger partial charge in [-0.25, -0.2) is 19.3 Å². The SMILES string of the molecule is COc1cc2ncnc(Nc3ccc(F)c(Cl)c3)c2cc1OCCCN1CCc2sc(C)nc2C1. The van der Waals surface area contributed by atoms with E-state index < -0.39 is 5.82 Å². The molecule has 35 heavy (non-hydrogen) atoms. The molecule has 4 aromatic rings. The fourth-order valence-electron chi connectivity index (χ4n) is 4.19. The van der Waals surface area contributed by atoms with Crippen molar-refractivity contribution in [1.82, 2.24) is 19.9 Å². The second kappa shape index (κ2) is 10.3. The highest BCUT2D eigenvalue weighted by Crippen LogP contribution is 2.35. The lowest BCUT2D eigenvalue weighted by Gasteiger charge is -2.25. The summed E-state index contributed by atoms with van der Waals surface area (Å²) in [5.74, 6) is 1.31. The van der Waals surface area contributed by atoms with Gasteiger partial charge in [0.05, 0.1) is 35.0 Å². The zero-order valence-electron chi connectivity index (χ0n) is 19.5. The lowest BCUT2D eigenvalue weighted by Crippen LogP contribution is -2.31. The van der Waals surface area contributed by atoms with E-state index in [1.807, 2.05) is 23.5 Å². The molecule has 0 amide bonds. The van der Waals surface area contributed by atoms with Crippen molar-refractivity contribution in [3.05, 3.63) is 63.1 Å². The van der Waals surface area contributed by atoms with Crippen LogP contribution >= 0.6 is 22.9 Å². The van der Waals surface area contributed by atoms with Gasteiger partial charge in [0.15, 0.2) is 11.5 Å². The van der Waals surface area contributed by atoms with Crippen LogP contribution in [-0.4, -0.2) is 46.7 Å². The number of thiazole rings is 1. The Hall–Kier alpha value is -3.01. The number of hydrogen-bond acceptors (Lipinski definition) is 8. The van der Waals surface area contributed by atoms with Crippen molar-refractivity contribution in [3.63, 3.8) is 0 Å². The minimum Gasteiger partial charge on any atom is -0.493 e. The quantitative estimate of drug-likeness (QED) is 0.300. The van der Waals surface area contributed by atoms with Crippen LogP contribution in [0.2, 0.25) is 5.02 Å². The Morgan fingerprint density at radius 3 is 2.91 bits per heavy atom. The van der Waals surface area contributed by atoms with E-state index in [9.17, 15) is 4.39 Å².